The first-order valence-corrected chi connectivity index (χ1v) is 2.78. The van der Waals surface area contributed by atoms with E-state index >= 15 is 0 Å². The van der Waals surface area contributed by atoms with Crippen LogP contribution >= 0.6 is 0 Å². The maximum absolute atomic E-state index is 3.12. The molecular weight excluding hydrogens is 84.1 g/mol. The topological polar surface area (TPSA) is 0 Å². The highest BCUT2D eigenvalue weighted by Gasteiger charge is 1.84. The normalized spacial score (nSPS) is 11.4. The van der Waals surface area contributed by atoms with Crippen molar-refractivity contribution in [1.82, 2.24) is 0 Å². The third kappa shape index (κ3) is 5.74. The highest BCUT2D eigenvalue weighted by Crippen LogP contribution is 1.97. The Labute approximate surface area is 46.2 Å². The summed E-state index contributed by atoms with van der Waals surface area (Å²) in [5, 5.41) is 0. The largest absolute Gasteiger partial charge is 0.0842 e. The van der Waals surface area contributed by atoms with E-state index in [-0.39, 0.29) is 0 Å². The summed E-state index contributed by atoms with van der Waals surface area (Å²) in [5.74, 6) is 0.760. The van der Waals surface area contributed by atoms with Gasteiger partial charge in [-0.3, -0.25) is 0 Å². The van der Waals surface area contributed by atoms with Crippen LogP contribution in [0.1, 0.15) is 27.2 Å². The van der Waals surface area contributed by atoms with Gasteiger partial charge in [-0.2, -0.15) is 0 Å². The van der Waals surface area contributed by atoms with Gasteiger partial charge in [0.2, 0.25) is 0 Å². The van der Waals surface area contributed by atoms with Gasteiger partial charge in [0.25, 0.3) is 0 Å². The van der Waals surface area contributed by atoms with Crippen molar-refractivity contribution in [3.63, 3.8) is 0 Å². The van der Waals surface area contributed by atoms with E-state index in [4.69, 9.17) is 0 Å². The fourth-order valence-corrected chi connectivity index (χ4v) is 0.354. The monoisotopic (exact) mass is 97.1 g/mol. The summed E-state index contributed by atoms with van der Waals surface area (Å²) < 4.78 is 0. The quantitative estimate of drug-likeness (QED) is 0.496. The van der Waals surface area contributed by atoms with Gasteiger partial charge >= 0.3 is 0 Å². The van der Waals surface area contributed by atoms with E-state index in [2.05, 4.69) is 19.9 Å². The number of rotatable bonds is 2. The lowest BCUT2D eigenvalue weighted by Gasteiger charge is -1.93. The van der Waals surface area contributed by atoms with E-state index in [0.717, 1.165) is 12.3 Å². The van der Waals surface area contributed by atoms with Gasteiger partial charge in [-0.1, -0.05) is 19.9 Å². The SMILES string of the molecule is C/C=[C]/CC(C)C. The first-order chi connectivity index (χ1) is 3.27. The molecule has 0 atom stereocenters. The van der Waals surface area contributed by atoms with Crippen molar-refractivity contribution in [2.75, 3.05) is 0 Å². The molecule has 0 amide bonds. The third-order valence-corrected chi connectivity index (χ3v) is 0.730. The highest BCUT2D eigenvalue weighted by molar-refractivity contribution is 4.67. The van der Waals surface area contributed by atoms with E-state index < -0.39 is 0 Å². The van der Waals surface area contributed by atoms with Gasteiger partial charge in [-0.25, -0.2) is 0 Å². The zero-order chi connectivity index (χ0) is 5.70. The molecule has 0 aliphatic carbocycles. The molecule has 0 rings (SSSR count). The zero-order valence-electron chi connectivity index (χ0n) is 5.36. The summed E-state index contributed by atoms with van der Waals surface area (Å²) in [5.41, 5.74) is 0. The minimum atomic E-state index is 0.760. The molecule has 1 radical (unpaired) electrons. The Balaban J connectivity index is 2.97. The first kappa shape index (κ1) is 6.74. The third-order valence-electron chi connectivity index (χ3n) is 0.730. The molecule has 0 aromatic heterocycles. The molecule has 0 heterocycles. The Kier molecular flexibility index (Phi) is 3.77. The average molecular weight is 97.2 g/mol. The van der Waals surface area contributed by atoms with Gasteiger partial charge in [0.05, 0.1) is 0 Å². The van der Waals surface area contributed by atoms with Crippen molar-refractivity contribution in [2.45, 2.75) is 27.2 Å². The standard InChI is InChI=1S/C7H13/c1-4-5-6-7(2)3/h4,7H,6H2,1-3H3. The van der Waals surface area contributed by atoms with E-state index in [1.807, 2.05) is 13.0 Å². The predicted molar refractivity (Wildman–Crippen MR) is 32.9 cm³/mol. The fourth-order valence-electron chi connectivity index (χ4n) is 0.354. The molecule has 0 nitrogen and oxygen atoms in total. The van der Waals surface area contributed by atoms with Crippen molar-refractivity contribution < 1.29 is 0 Å². The van der Waals surface area contributed by atoms with Gasteiger partial charge in [0.1, 0.15) is 0 Å². The smallest absolute Gasteiger partial charge is 0.0256 e. The van der Waals surface area contributed by atoms with Crippen molar-refractivity contribution in [2.24, 2.45) is 5.92 Å². The van der Waals surface area contributed by atoms with Crippen LogP contribution in [0.25, 0.3) is 0 Å². The van der Waals surface area contributed by atoms with Gasteiger partial charge < -0.3 is 0 Å². The molecule has 0 heteroatoms. The second-order valence-corrected chi connectivity index (χ2v) is 2.09. The van der Waals surface area contributed by atoms with Gasteiger partial charge in [0.15, 0.2) is 0 Å². The lowest BCUT2D eigenvalue weighted by atomic mass is 10.1. The van der Waals surface area contributed by atoms with Crippen LogP contribution in [0.3, 0.4) is 0 Å². The van der Waals surface area contributed by atoms with E-state index in [1.54, 1.807) is 0 Å². The number of hydrogen-bond donors (Lipinski definition) is 0. The minimum absolute atomic E-state index is 0.760. The molecular formula is C7H13. The molecule has 0 saturated heterocycles. The van der Waals surface area contributed by atoms with Crippen LogP contribution in [0.5, 0.6) is 0 Å². The summed E-state index contributed by atoms with van der Waals surface area (Å²) in [6.45, 7) is 6.38. The molecule has 0 aromatic carbocycles. The molecule has 41 valence electrons. The van der Waals surface area contributed by atoms with Crippen LogP contribution in [0.4, 0.5) is 0 Å². The maximum atomic E-state index is 3.12. The lowest BCUT2D eigenvalue weighted by molar-refractivity contribution is 0.654. The Morgan fingerprint density at radius 1 is 1.57 bits per heavy atom. The van der Waals surface area contributed by atoms with Crippen molar-refractivity contribution in [3.05, 3.63) is 12.2 Å². The van der Waals surface area contributed by atoms with E-state index in [1.165, 1.54) is 0 Å². The number of hydrogen-bond acceptors (Lipinski definition) is 0. The molecule has 0 spiro atoms. The summed E-state index contributed by atoms with van der Waals surface area (Å²) in [4.78, 5) is 0. The zero-order valence-corrected chi connectivity index (χ0v) is 5.36. The van der Waals surface area contributed by atoms with Gasteiger partial charge in [-0.05, 0) is 25.3 Å². The highest BCUT2D eigenvalue weighted by atomic mass is 13.9. The fraction of sp³-hybridized carbons (Fsp3) is 0.714. The Bertz CT molecular complexity index is 51.1. The Hall–Kier alpha value is -0.260. The predicted octanol–water partition coefficient (Wildman–Crippen LogP) is 2.41. The molecule has 0 unspecified atom stereocenters. The van der Waals surface area contributed by atoms with Crippen LogP contribution in [-0.2, 0) is 0 Å². The molecule has 0 aliphatic heterocycles. The molecule has 7 heavy (non-hydrogen) atoms. The van der Waals surface area contributed by atoms with Gasteiger partial charge in [-0.15, -0.1) is 0 Å². The molecule has 0 N–H and O–H groups in total. The summed E-state index contributed by atoms with van der Waals surface area (Å²) in [6, 6.07) is 0. The van der Waals surface area contributed by atoms with Crippen LogP contribution in [0.2, 0.25) is 0 Å². The maximum Gasteiger partial charge on any atom is -0.0256 e. The Morgan fingerprint density at radius 2 is 2.14 bits per heavy atom. The molecule has 0 bridgehead atoms. The van der Waals surface area contributed by atoms with Crippen molar-refractivity contribution in [3.8, 4) is 0 Å². The second kappa shape index (κ2) is 3.91. The van der Waals surface area contributed by atoms with Crippen molar-refractivity contribution >= 4 is 0 Å². The summed E-state index contributed by atoms with van der Waals surface area (Å²) in [6.07, 6.45) is 6.19. The van der Waals surface area contributed by atoms with E-state index in [9.17, 15) is 0 Å². The second-order valence-electron chi connectivity index (χ2n) is 2.09. The van der Waals surface area contributed by atoms with Gasteiger partial charge in [0, 0.05) is 0 Å². The van der Waals surface area contributed by atoms with Crippen LogP contribution < -0.4 is 0 Å². The van der Waals surface area contributed by atoms with E-state index in [0.29, 0.717) is 0 Å². The summed E-state index contributed by atoms with van der Waals surface area (Å²) >= 11 is 0. The minimum Gasteiger partial charge on any atom is -0.0842 e. The molecule has 0 fully saturated rings. The average Bonchev–Trinajstić information content (AvgIpc) is 1.61. The first-order valence-electron chi connectivity index (χ1n) is 2.78. The van der Waals surface area contributed by atoms with Crippen LogP contribution in [0, 0.1) is 12.0 Å². The lowest BCUT2D eigenvalue weighted by Crippen LogP contribution is -1.80. The van der Waals surface area contributed by atoms with Crippen LogP contribution in [-0.4, -0.2) is 0 Å². The Morgan fingerprint density at radius 3 is 2.29 bits per heavy atom. The molecule has 0 aliphatic rings. The summed E-state index contributed by atoms with van der Waals surface area (Å²) in [7, 11) is 0. The van der Waals surface area contributed by atoms with Crippen LogP contribution in [0.15, 0.2) is 6.08 Å². The number of allylic oxidation sites excluding steroid dienone is 2. The van der Waals surface area contributed by atoms with Crippen molar-refractivity contribution in [1.29, 1.82) is 0 Å². The molecule has 0 saturated carbocycles. The molecule has 0 aromatic rings.